The number of nitrogens with zero attached hydrogens (tertiary/aromatic N) is 4. The van der Waals surface area contributed by atoms with Crippen molar-refractivity contribution in [3.63, 3.8) is 0 Å². The summed E-state index contributed by atoms with van der Waals surface area (Å²) >= 11 is 0. The number of hydrogen-bond acceptors (Lipinski definition) is 7. The fourth-order valence-electron chi connectivity index (χ4n) is 3.65. The van der Waals surface area contributed by atoms with Crippen LogP contribution in [0, 0.1) is 5.82 Å². The van der Waals surface area contributed by atoms with Gasteiger partial charge in [-0.05, 0) is 38.2 Å². The monoisotopic (exact) mass is 452 g/mol. The van der Waals surface area contributed by atoms with Crippen molar-refractivity contribution in [1.82, 2.24) is 18.8 Å². The van der Waals surface area contributed by atoms with E-state index in [9.17, 15) is 27.5 Å². The number of likely N-dealkylation sites (N-methyl/N-ethyl adjacent to an activating group) is 1. The molecule has 0 saturated heterocycles. The van der Waals surface area contributed by atoms with Crippen LogP contribution in [0.4, 0.5) is 4.39 Å². The lowest BCUT2D eigenvalue weighted by atomic mass is 10.0. The normalized spacial score (nSPS) is 17.0. The standard InChI is InChI=1S/C20H25FN4O5S/c1-23(2)12-15-19-22-17(16(26)9-6-13-4-7-14(21)8-5-13)18(27)20(28)24(19)10-11-25(15)31(3,29)30/h4-5,7-8,15,27H,6,9-12H2,1-3H3. The van der Waals surface area contributed by atoms with Crippen LogP contribution in [-0.4, -0.2) is 71.5 Å². The van der Waals surface area contributed by atoms with Crippen molar-refractivity contribution in [1.29, 1.82) is 0 Å². The fraction of sp³-hybridized carbons (Fsp3) is 0.450. The average Bonchev–Trinajstić information content (AvgIpc) is 2.69. The number of aryl methyl sites for hydroxylation is 1. The van der Waals surface area contributed by atoms with E-state index in [0.29, 0.717) is 0 Å². The van der Waals surface area contributed by atoms with Crippen LogP contribution in [0.25, 0.3) is 0 Å². The summed E-state index contributed by atoms with van der Waals surface area (Å²) < 4.78 is 40.1. The van der Waals surface area contributed by atoms with Gasteiger partial charge in [0, 0.05) is 26.1 Å². The molecule has 0 saturated carbocycles. The SMILES string of the molecule is CN(C)CC1c2nc(C(=O)CCc3ccc(F)cc3)c(O)c(=O)n2CCN1S(C)(=O)=O. The summed E-state index contributed by atoms with van der Waals surface area (Å²) in [6.45, 7) is 0.326. The summed E-state index contributed by atoms with van der Waals surface area (Å²) in [6.07, 6.45) is 1.30. The zero-order valence-corrected chi connectivity index (χ0v) is 18.4. The minimum Gasteiger partial charge on any atom is -0.501 e. The number of sulfonamides is 1. The predicted octanol–water partition coefficient (Wildman–Crippen LogP) is 0.781. The molecule has 1 N–H and O–H groups in total. The van der Waals surface area contributed by atoms with Gasteiger partial charge in [-0.25, -0.2) is 17.8 Å². The molecule has 0 radical (unpaired) electrons. The van der Waals surface area contributed by atoms with Gasteiger partial charge < -0.3 is 10.0 Å². The van der Waals surface area contributed by atoms with Crippen molar-refractivity contribution in [2.24, 2.45) is 0 Å². The van der Waals surface area contributed by atoms with E-state index in [-0.39, 0.29) is 49.8 Å². The molecule has 168 valence electrons. The highest BCUT2D eigenvalue weighted by atomic mass is 32.2. The largest absolute Gasteiger partial charge is 0.501 e. The highest BCUT2D eigenvalue weighted by Crippen LogP contribution is 2.28. The smallest absolute Gasteiger partial charge is 0.296 e. The van der Waals surface area contributed by atoms with Crippen molar-refractivity contribution in [3.05, 3.63) is 57.5 Å². The lowest BCUT2D eigenvalue weighted by molar-refractivity contribution is 0.0972. The number of benzene rings is 1. The number of halogens is 1. The number of aromatic hydroxyl groups is 1. The Morgan fingerprint density at radius 2 is 1.90 bits per heavy atom. The van der Waals surface area contributed by atoms with Crippen LogP contribution >= 0.6 is 0 Å². The molecule has 2 aromatic rings. The molecule has 3 rings (SSSR count). The van der Waals surface area contributed by atoms with Crippen LogP contribution in [0.3, 0.4) is 0 Å². The van der Waals surface area contributed by atoms with Crippen LogP contribution < -0.4 is 5.56 Å². The lowest BCUT2D eigenvalue weighted by Crippen LogP contribution is -2.49. The van der Waals surface area contributed by atoms with Crippen molar-refractivity contribution in [2.45, 2.75) is 25.4 Å². The summed E-state index contributed by atoms with van der Waals surface area (Å²) in [4.78, 5) is 31.5. The number of carbonyl (C=O) groups is 1. The summed E-state index contributed by atoms with van der Waals surface area (Å²) in [7, 11) is -0.0827. The van der Waals surface area contributed by atoms with E-state index in [1.165, 1.54) is 21.0 Å². The molecule has 0 amide bonds. The highest BCUT2D eigenvalue weighted by molar-refractivity contribution is 7.88. The fourth-order valence-corrected chi connectivity index (χ4v) is 4.69. The van der Waals surface area contributed by atoms with E-state index >= 15 is 0 Å². The Labute approximate surface area is 179 Å². The van der Waals surface area contributed by atoms with E-state index in [0.717, 1.165) is 11.8 Å². The molecular formula is C20H25FN4O5S. The number of aromatic nitrogens is 2. The van der Waals surface area contributed by atoms with Crippen LogP contribution in [0.2, 0.25) is 0 Å². The molecule has 1 aromatic carbocycles. The Balaban J connectivity index is 1.98. The van der Waals surface area contributed by atoms with Gasteiger partial charge in [0.15, 0.2) is 11.5 Å². The van der Waals surface area contributed by atoms with Crippen LogP contribution in [0.1, 0.15) is 34.3 Å². The molecule has 0 aliphatic carbocycles. The quantitative estimate of drug-likeness (QED) is 0.618. The van der Waals surface area contributed by atoms with Gasteiger partial charge in [0.25, 0.3) is 5.56 Å². The van der Waals surface area contributed by atoms with Crippen molar-refractivity contribution in [2.75, 3.05) is 33.4 Å². The molecule has 9 nitrogen and oxygen atoms in total. The second kappa shape index (κ2) is 8.85. The number of Topliss-reactive ketones (excluding diaryl/α,β-unsaturated/α-hetero) is 1. The van der Waals surface area contributed by atoms with Crippen LogP contribution in [0.15, 0.2) is 29.1 Å². The Morgan fingerprint density at radius 3 is 2.48 bits per heavy atom. The first-order chi connectivity index (χ1) is 14.5. The molecule has 11 heteroatoms. The number of hydrogen-bond donors (Lipinski definition) is 1. The minimum atomic E-state index is -3.60. The van der Waals surface area contributed by atoms with Crippen molar-refractivity contribution >= 4 is 15.8 Å². The van der Waals surface area contributed by atoms with Gasteiger partial charge in [0.1, 0.15) is 11.6 Å². The molecule has 0 spiro atoms. The maximum absolute atomic E-state index is 13.1. The third-order valence-electron chi connectivity index (χ3n) is 5.15. The van der Waals surface area contributed by atoms with E-state index in [1.807, 2.05) is 0 Å². The Morgan fingerprint density at radius 1 is 1.26 bits per heavy atom. The maximum Gasteiger partial charge on any atom is 0.296 e. The molecule has 0 bridgehead atoms. The topological polar surface area (TPSA) is 113 Å². The Bertz CT molecular complexity index is 1150. The lowest BCUT2D eigenvalue weighted by Gasteiger charge is -2.36. The average molecular weight is 453 g/mol. The predicted molar refractivity (Wildman–Crippen MR) is 112 cm³/mol. The second-order valence-corrected chi connectivity index (χ2v) is 9.76. The Hall–Kier alpha value is -2.63. The minimum absolute atomic E-state index is 0.0236. The van der Waals surface area contributed by atoms with Gasteiger partial charge in [-0.1, -0.05) is 12.1 Å². The first-order valence-electron chi connectivity index (χ1n) is 9.72. The molecular weight excluding hydrogens is 427 g/mol. The van der Waals surface area contributed by atoms with E-state index in [4.69, 9.17) is 0 Å². The number of carbonyl (C=O) groups excluding carboxylic acids is 1. The molecule has 1 unspecified atom stereocenters. The molecule has 1 atom stereocenters. The molecule has 31 heavy (non-hydrogen) atoms. The number of rotatable bonds is 7. The zero-order valence-electron chi connectivity index (χ0n) is 17.6. The van der Waals surface area contributed by atoms with Gasteiger partial charge in [0.2, 0.25) is 15.8 Å². The first-order valence-corrected chi connectivity index (χ1v) is 11.6. The van der Waals surface area contributed by atoms with Crippen molar-refractivity contribution < 1.29 is 22.7 Å². The number of fused-ring (bicyclic) bond motifs is 1. The molecule has 1 aromatic heterocycles. The first kappa shape index (κ1) is 23.0. The van der Waals surface area contributed by atoms with Gasteiger partial charge in [-0.2, -0.15) is 4.31 Å². The van der Waals surface area contributed by atoms with Crippen LogP contribution in [-0.2, 0) is 23.0 Å². The van der Waals surface area contributed by atoms with Crippen LogP contribution in [0.5, 0.6) is 5.75 Å². The molecule has 1 aliphatic rings. The summed E-state index contributed by atoms with van der Waals surface area (Å²) in [5, 5.41) is 10.3. The van der Waals surface area contributed by atoms with Gasteiger partial charge >= 0.3 is 0 Å². The Kier molecular flexibility index (Phi) is 6.58. The molecule has 2 heterocycles. The summed E-state index contributed by atoms with van der Waals surface area (Å²) in [5.74, 6) is -1.57. The molecule has 0 fully saturated rings. The number of ketones is 1. The summed E-state index contributed by atoms with van der Waals surface area (Å²) in [5.41, 5.74) is -0.429. The van der Waals surface area contributed by atoms with Gasteiger partial charge in [-0.15, -0.1) is 0 Å². The third-order valence-corrected chi connectivity index (χ3v) is 6.44. The third kappa shape index (κ3) is 5.00. The van der Waals surface area contributed by atoms with Crippen molar-refractivity contribution in [3.8, 4) is 5.75 Å². The van der Waals surface area contributed by atoms with E-state index < -0.39 is 33.2 Å². The summed E-state index contributed by atoms with van der Waals surface area (Å²) in [6, 6.07) is 4.89. The molecule has 1 aliphatic heterocycles. The maximum atomic E-state index is 13.1. The highest BCUT2D eigenvalue weighted by Gasteiger charge is 2.37. The van der Waals surface area contributed by atoms with E-state index in [2.05, 4.69) is 4.98 Å². The van der Waals surface area contributed by atoms with Gasteiger partial charge in [0.05, 0.1) is 12.3 Å². The van der Waals surface area contributed by atoms with Gasteiger partial charge in [-0.3, -0.25) is 14.2 Å². The van der Waals surface area contributed by atoms with E-state index in [1.54, 1.807) is 31.1 Å². The second-order valence-electron chi connectivity index (χ2n) is 7.83. The zero-order chi connectivity index (χ0) is 22.9.